The highest BCUT2D eigenvalue weighted by molar-refractivity contribution is 5.87. The van der Waals surface area contributed by atoms with Crippen LogP contribution in [0.1, 0.15) is 45.5 Å². The molecule has 0 saturated carbocycles. The predicted octanol–water partition coefficient (Wildman–Crippen LogP) is 8.82. The van der Waals surface area contributed by atoms with E-state index >= 15 is 0 Å². The number of phenolic OH excluding ortho intramolecular Hbond substituents is 2. The third kappa shape index (κ3) is 7.45. The first-order valence-corrected chi connectivity index (χ1v) is 17.0. The van der Waals surface area contributed by atoms with Crippen molar-refractivity contribution in [1.82, 2.24) is 19.9 Å². The topological polar surface area (TPSA) is 164 Å². The normalized spacial score (nSPS) is 11.7. The molecule has 260 valence electrons. The highest BCUT2D eigenvalue weighted by Crippen LogP contribution is 2.38. The van der Waals surface area contributed by atoms with Crippen molar-refractivity contribution in [2.45, 2.75) is 12.1 Å². The van der Waals surface area contributed by atoms with Crippen molar-refractivity contribution in [3.63, 3.8) is 0 Å². The summed E-state index contributed by atoms with van der Waals surface area (Å²) in [6.45, 7) is 0. The van der Waals surface area contributed by atoms with Crippen LogP contribution < -0.4 is 10.6 Å². The van der Waals surface area contributed by atoms with E-state index in [4.69, 9.17) is 0 Å². The van der Waals surface area contributed by atoms with E-state index in [-0.39, 0.29) is 17.5 Å². The number of nitrogens with one attached hydrogen (secondary N) is 2. The number of nitriles is 2. The second-order valence-electron chi connectivity index (χ2n) is 12.2. The highest BCUT2D eigenvalue weighted by atomic mass is 16.3. The highest BCUT2D eigenvalue weighted by Gasteiger charge is 2.23. The molecule has 4 aromatic carbocycles. The zero-order valence-electron chi connectivity index (χ0n) is 28.7. The summed E-state index contributed by atoms with van der Waals surface area (Å²) in [7, 11) is 0. The number of hydrogen-bond acceptors (Lipinski definition) is 10. The fourth-order valence-corrected chi connectivity index (χ4v) is 6.25. The van der Waals surface area contributed by atoms with Crippen LogP contribution >= 0.6 is 0 Å². The van der Waals surface area contributed by atoms with Gasteiger partial charge in [-0.2, -0.15) is 10.5 Å². The molecule has 54 heavy (non-hydrogen) atoms. The Kier molecular flexibility index (Phi) is 10.3. The summed E-state index contributed by atoms with van der Waals surface area (Å²) in [5, 5.41) is 49.0. The van der Waals surface area contributed by atoms with Gasteiger partial charge in [-0.3, -0.25) is 9.97 Å². The molecule has 0 bridgehead atoms. The van der Waals surface area contributed by atoms with Gasteiger partial charge in [0.15, 0.2) is 0 Å². The Labute approximate surface area is 311 Å². The van der Waals surface area contributed by atoms with Gasteiger partial charge < -0.3 is 20.8 Å². The second-order valence-corrected chi connectivity index (χ2v) is 12.2. The molecule has 0 spiro atoms. The van der Waals surface area contributed by atoms with Crippen molar-refractivity contribution in [2.75, 3.05) is 10.6 Å². The number of phenols is 2. The van der Waals surface area contributed by atoms with Crippen molar-refractivity contribution >= 4 is 33.4 Å². The second kappa shape index (κ2) is 16.0. The molecule has 8 rings (SSSR count). The van der Waals surface area contributed by atoms with Gasteiger partial charge in [-0.1, -0.05) is 78.9 Å². The van der Waals surface area contributed by atoms with Crippen molar-refractivity contribution in [2.24, 2.45) is 0 Å². The lowest BCUT2D eigenvalue weighted by molar-refractivity contribution is 0.471. The molecule has 8 aromatic rings. The Balaban J connectivity index is 0.000000167. The summed E-state index contributed by atoms with van der Waals surface area (Å²) in [5.41, 5.74) is 5.07. The third-order valence-corrected chi connectivity index (χ3v) is 8.84. The molecule has 0 fully saturated rings. The maximum atomic E-state index is 10.9. The fraction of sp³-hybridized carbons (Fsp3) is 0.0455. The number of rotatable bonds is 8. The molecule has 0 radical (unpaired) electrons. The molecule has 4 aromatic heterocycles. The number of hydrogen-bond donors (Lipinski definition) is 4. The molecule has 2 atom stereocenters. The minimum Gasteiger partial charge on any atom is -0.505 e. The average Bonchev–Trinajstić information content (AvgIpc) is 3.24. The van der Waals surface area contributed by atoms with Crippen molar-refractivity contribution < 1.29 is 10.2 Å². The number of anilines is 2. The van der Waals surface area contributed by atoms with Gasteiger partial charge in [-0.05, 0) is 65.7 Å². The van der Waals surface area contributed by atoms with Crippen LogP contribution in [0.15, 0.2) is 158 Å². The van der Waals surface area contributed by atoms with Crippen molar-refractivity contribution in [3.05, 3.63) is 192 Å². The first-order chi connectivity index (χ1) is 26.5. The molecular formula is C44H32N8O2. The molecule has 0 amide bonds. The summed E-state index contributed by atoms with van der Waals surface area (Å²) in [6.07, 6.45) is 6.70. The van der Waals surface area contributed by atoms with Gasteiger partial charge in [-0.25, -0.2) is 9.97 Å². The van der Waals surface area contributed by atoms with E-state index in [9.17, 15) is 20.7 Å². The first-order valence-electron chi connectivity index (χ1n) is 17.0. The predicted molar refractivity (Wildman–Crippen MR) is 209 cm³/mol. The molecule has 0 aliphatic carbocycles. The van der Waals surface area contributed by atoms with E-state index in [0.717, 1.165) is 21.9 Å². The van der Waals surface area contributed by atoms with Crippen LogP contribution in [0, 0.1) is 22.7 Å². The molecule has 10 nitrogen and oxygen atoms in total. The Hall–Kier alpha value is -7.82. The van der Waals surface area contributed by atoms with Crippen LogP contribution in [0.5, 0.6) is 11.5 Å². The largest absolute Gasteiger partial charge is 0.505 e. The van der Waals surface area contributed by atoms with Gasteiger partial charge in [0, 0.05) is 46.7 Å². The summed E-state index contributed by atoms with van der Waals surface area (Å²) >= 11 is 0. The lowest BCUT2D eigenvalue weighted by atomic mass is 9.93. The minimum absolute atomic E-state index is 0.0919. The molecular weight excluding hydrogens is 673 g/mol. The molecule has 0 aliphatic heterocycles. The summed E-state index contributed by atoms with van der Waals surface area (Å²) in [5.74, 6) is 1.53. The van der Waals surface area contributed by atoms with Crippen LogP contribution in [0.25, 0.3) is 21.8 Å². The van der Waals surface area contributed by atoms with Crippen LogP contribution in [-0.4, -0.2) is 30.1 Å². The molecule has 0 saturated heterocycles. The summed E-state index contributed by atoms with van der Waals surface area (Å²) in [6, 6.07) is 44.4. The summed E-state index contributed by atoms with van der Waals surface area (Å²) < 4.78 is 0. The zero-order chi connectivity index (χ0) is 37.3. The van der Waals surface area contributed by atoms with Crippen molar-refractivity contribution in [1.29, 1.82) is 10.5 Å². The monoisotopic (exact) mass is 704 g/mol. The first kappa shape index (κ1) is 34.6. The fourth-order valence-electron chi connectivity index (χ4n) is 6.25. The van der Waals surface area contributed by atoms with Gasteiger partial charge in [0.1, 0.15) is 34.2 Å². The van der Waals surface area contributed by atoms with Crippen LogP contribution in [0.3, 0.4) is 0 Å². The molecule has 4 N–H and O–H groups in total. The van der Waals surface area contributed by atoms with Crippen LogP contribution in [0.2, 0.25) is 0 Å². The minimum atomic E-state index is -0.456. The van der Waals surface area contributed by atoms with Gasteiger partial charge in [0.05, 0.1) is 35.3 Å². The van der Waals surface area contributed by atoms with E-state index in [1.807, 2.05) is 121 Å². The number of benzene rings is 4. The molecule has 0 aliphatic rings. The smallest absolute Gasteiger partial charge is 0.147 e. The lowest BCUT2D eigenvalue weighted by Gasteiger charge is -2.22. The van der Waals surface area contributed by atoms with Crippen molar-refractivity contribution in [3.8, 4) is 23.6 Å². The standard InChI is InChI=1S/2C22H16N4O/c23-14-15-5-3-6-17(13-15)20(26-19-8-1-2-11-24-19)18-10-9-16-7-4-12-25-21(16)22(18)27;23-14-16-6-1-2-8-17(16)21(26-19-9-3-4-12-24-19)18-11-10-15-7-5-13-25-20(15)22(18)27/h1-13,20,27H,(H,24,26);1-13,21,27H,(H,24,26). The van der Waals surface area contributed by atoms with E-state index in [0.29, 0.717) is 44.9 Å². The lowest BCUT2D eigenvalue weighted by Crippen LogP contribution is -2.15. The summed E-state index contributed by atoms with van der Waals surface area (Å²) in [4.78, 5) is 17.3. The number of aromatic nitrogens is 4. The molecule has 4 heterocycles. The third-order valence-electron chi connectivity index (χ3n) is 8.84. The van der Waals surface area contributed by atoms with E-state index in [1.165, 1.54) is 0 Å². The Morgan fingerprint density at radius 2 is 1.04 bits per heavy atom. The molecule has 10 heteroatoms. The van der Waals surface area contributed by atoms with E-state index in [1.54, 1.807) is 36.9 Å². The number of pyridine rings is 4. The zero-order valence-corrected chi connectivity index (χ0v) is 28.7. The SMILES string of the molecule is N#Cc1cccc(C(Nc2ccccn2)c2ccc3cccnc3c2O)c1.N#Cc1ccccc1C(Nc1ccccn1)c1ccc2cccnc2c1O. The van der Waals surface area contributed by atoms with Crippen LogP contribution in [0.4, 0.5) is 11.6 Å². The maximum absolute atomic E-state index is 10.9. The van der Waals surface area contributed by atoms with E-state index in [2.05, 4.69) is 42.7 Å². The van der Waals surface area contributed by atoms with Gasteiger partial charge in [0.2, 0.25) is 0 Å². The quantitative estimate of drug-likeness (QED) is 0.120. The Morgan fingerprint density at radius 3 is 1.61 bits per heavy atom. The number of aromatic hydroxyl groups is 2. The van der Waals surface area contributed by atoms with Crippen LogP contribution in [-0.2, 0) is 0 Å². The number of fused-ring (bicyclic) bond motifs is 2. The maximum Gasteiger partial charge on any atom is 0.147 e. The van der Waals surface area contributed by atoms with Gasteiger partial charge in [0.25, 0.3) is 0 Å². The number of nitrogens with zero attached hydrogens (tertiary/aromatic N) is 6. The molecule has 2 unspecified atom stereocenters. The van der Waals surface area contributed by atoms with Gasteiger partial charge >= 0.3 is 0 Å². The Morgan fingerprint density at radius 1 is 0.481 bits per heavy atom. The average molecular weight is 705 g/mol. The Bertz CT molecular complexity index is 2640. The van der Waals surface area contributed by atoms with E-state index < -0.39 is 6.04 Å². The van der Waals surface area contributed by atoms with Gasteiger partial charge in [-0.15, -0.1) is 0 Å².